The number of para-hydroxylation sites is 2. The average molecular weight is 502 g/mol. The van der Waals surface area contributed by atoms with Crippen molar-refractivity contribution in [3.05, 3.63) is 60.2 Å². The molecule has 0 radical (unpaired) electrons. The van der Waals surface area contributed by atoms with Crippen LogP contribution in [0.4, 0.5) is 17.2 Å². The van der Waals surface area contributed by atoms with Crippen molar-refractivity contribution in [3.8, 4) is 17.0 Å². The van der Waals surface area contributed by atoms with Crippen molar-refractivity contribution < 1.29 is 9.90 Å². The highest BCUT2D eigenvalue weighted by molar-refractivity contribution is 5.96. The second kappa shape index (κ2) is 11.1. The first-order valence-electron chi connectivity index (χ1n) is 13.0. The number of nitrogens with zero attached hydrogens (tertiary/aromatic N) is 3. The predicted molar refractivity (Wildman–Crippen MR) is 146 cm³/mol. The topological polar surface area (TPSA) is 142 Å². The minimum absolute atomic E-state index is 0.0793. The molecule has 1 aromatic heterocycles. The van der Waals surface area contributed by atoms with Crippen LogP contribution in [-0.4, -0.2) is 52.9 Å². The third-order valence-corrected chi connectivity index (χ3v) is 7.49. The van der Waals surface area contributed by atoms with Gasteiger partial charge in [-0.05, 0) is 67.9 Å². The number of hydrogen-bond acceptors (Lipinski definition) is 8. The lowest BCUT2D eigenvalue weighted by molar-refractivity contribution is -0.118. The molecule has 2 aromatic carbocycles. The smallest absolute Gasteiger partial charge is 0.243 e. The molecule has 1 unspecified atom stereocenters. The lowest BCUT2D eigenvalue weighted by Crippen LogP contribution is -2.56. The SMILES string of the molecule is Nc1nnc(-c2ccccc2O)cc1N1CCNC(C(=O)Nc2ccccc2CC2CCC(N)CC2)C1. The molecule has 1 aliphatic carbocycles. The zero-order chi connectivity index (χ0) is 25.8. The molecule has 2 heterocycles. The molecule has 1 saturated carbocycles. The van der Waals surface area contributed by atoms with Gasteiger partial charge in [-0.1, -0.05) is 30.3 Å². The molecule has 1 saturated heterocycles. The Balaban J connectivity index is 1.28. The first kappa shape index (κ1) is 25.0. The number of aromatic hydroxyl groups is 1. The van der Waals surface area contributed by atoms with Gasteiger partial charge in [0, 0.05) is 36.9 Å². The number of benzene rings is 2. The summed E-state index contributed by atoms with van der Waals surface area (Å²) in [6.07, 6.45) is 5.35. The molecular weight excluding hydrogens is 466 g/mol. The van der Waals surface area contributed by atoms with E-state index in [9.17, 15) is 9.90 Å². The number of carbonyl (C=O) groups is 1. The van der Waals surface area contributed by atoms with Crippen LogP contribution >= 0.6 is 0 Å². The van der Waals surface area contributed by atoms with Crippen LogP contribution in [0.1, 0.15) is 31.2 Å². The zero-order valence-electron chi connectivity index (χ0n) is 20.9. The largest absolute Gasteiger partial charge is 0.507 e. The van der Waals surface area contributed by atoms with E-state index in [0.717, 1.165) is 37.8 Å². The van der Waals surface area contributed by atoms with Crippen LogP contribution in [0.25, 0.3) is 11.3 Å². The van der Waals surface area contributed by atoms with Gasteiger partial charge in [0.25, 0.3) is 0 Å². The zero-order valence-corrected chi connectivity index (χ0v) is 20.9. The van der Waals surface area contributed by atoms with Crippen LogP contribution in [0.15, 0.2) is 54.6 Å². The third-order valence-electron chi connectivity index (χ3n) is 7.49. The summed E-state index contributed by atoms with van der Waals surface area (Å²) >= 11 is 0. The Bertz CT molecular complexity index is 1240. The molecule has 9 nitrogen and oxygen atoms in total. The number of piperazine rings is 1. The minimum Gasteiger partial charge on any atom is -0.507 e. The Morgan fingerprint density at radius 2 is 1.84 bits per heavy atom. The first-order valence-corrected chi connectivity index (χ1v) is 13.0. The summed E-state index contributed by atoms with van der Waals surface area (Å²) in [7, 11) is 0. The summed E-state index contributed by atoms with van der Waals surface area (Å²) in [5.41, 5.74) is 16.1. The molecular formula is C28H35N7O2. The number of phenolic OH excluding ortho intramolecular Hbond substituents is 1. The van der Waals surface area contributed by atoms with Crippen molar-refractivity contribution in [2.45, 2.75) is 44.2 Å². The second-order valence-corrected chi connectivity index (χ2v) is 10.1. The van der Waals surface area contributed by atoms with E-state index in [1.54, 1.807) is 18.2 Å². The van der Waals surface area contributed by atoms with Gasteiger partial charge in [-0.3, -0.25) is 4.79 Å². The van der Waals surface area contributed by atoms with Gasteiger partial charge >= 0.3 is 0 Å². The van der Waals surface area contributed by atoms with Crippen LogP contribution in [0, 0.1) is 5.92 Å². The lowest BCUT2D eigenvalue weighted by atomic mass is 9.82. The molecule has 0 bridgehead atoms. The van der Waals surface area contributed by atoms with Crippen LogP contribution in [0.3, 0.4) is 0 Å². The molecule has 37 heavy (non-hydrogen) atoms. The normalized spacial score (nSPS) is 22.0. The quantitative estimate of drug-likeness (QED) is 0.347. The van der Waals surface area contributed by atoms with Gasteiger partial charge in [0.1, 0.15) is 11.8 Å². The molecule has 194 valence electrons. The molecule has 2 aliphatic rings. The minimum atomic E-state index is -0.421. The Hall–Kier alpha value is -3.69. The maximum absolute atomic E-state index is 13.3. The summed E-state index contributed by atoms with van der Waals surface area (Å²) in [6.45, 7) is 1.72. The lowest BCUT2D eigenvalue weighted by Gasteiger charge is -2.35. The Labute approximate surface area is 217 Å². The van der Waals surface area contributed by atoms with E-state index < -0.39 is 6.04 Å². The van der Waals surface area contributed by atoms with E-state index in [1.807, 2.05) is 35.2 Å². The van der Waals surface area contributed by atoms with E-state index in [0.29, 0.717) is 48.5 Å². The van der Waals surface area contributed by atoms with Crippen molar-refractivity contribution in [2.24, 2.45) is 11.7 Å². The van der Waals surface area contributed by atoms with Crippen molar-refractivity contribution in [1.29, 1.82) is 0 Å². The molecule has 1 aliphatic heterocycles. The highest BCUT2D eigenvalue weighted by Crippen LogP contribution is 2.32. The number of amides is 1. The fourth-order valence-electron chi connectivity index (χ4n) is 5.35. The number of nitrogens with two attached hydrogens (primary N) is 2. The van der Waals surface area contributed by atoms with Gasteiger partial charge in [0.15, 0.2) is 5.82 Å². The maximum Gasteiger partial charge on any atom is 0.243 e. The van der Waals surface area contributed by atoms with Gasteiger partial charge in [-0.2, -0.15) is 0 Å². The molecule has 3 aromatic rings. The second-order valence-electron chi connectivity index (χ2n) is 10.1. The number of anilines is 3. The van der Waals surface area contributed by atoms with Gasteiger partial charge in [0.05, 0.1) is 11.4 Å². The number of nitrogen functional groups attached to an aromatic ring is 1. The van der Waals surface area contributed by atoms with Crippen LogP contribution in [-0.2, 0) is 11.2 Å². The molecule has 7 N–H and O–H groups in total. The molecule has 2 fully saturated rings. The monoisotopic (exact) mass is 501 g/mol. The molecule has 5 rings (SSSR count). The number of hydrogen-bond donors (Lipinski definition) is 5. The summed E-state index contributed by atoms with van der Waals surface area (Å²) in [4.78, 5) is 15.4. The molecule has 0 spiro atoms. The first-order chi connectivity index (χ1) is 18.0. The molecule has 1 atom stereocenters. The maximum atomic E-state index is 13.3. The number of phenols is 1. The Morgan fingerprint density at radius 1 is 1.08 bits per heavy atom. The fraction of sp³-hybridized carbons (Fsp3) is 0.393. The third kappa shape index (κ3) is 5.84. The van der Waals surface area contributed by atoms with Crippen molar-refractivity contribution in [1.82, 2.24) is 15.5 Å². The standard InChI is InChI=1S/C28H35N7O2/c29-20-11-9-18(10-12-20)15-19-5-1-3-7-22(19)32-28(37)24-17-35(14-13-31-24)25-16-23(33-34-27(25)30)21-6-2-4-8-26(21)36/h1-8,16,18,20,24,31,36H,9-15,17,29H2,(H2,30,34)(H,32,37). The summed E-state index contributed by atoms with van der Waals surface area (Å²) in [5.74, 6) is 0.934. The van der Waals surface area contributed by atoms with Crippen LogP contribution in [0.2, 0.25) is 0 Å². The number of aromatic nitrogens is 2. The average Bonchev–Trinajstić information content (AvgIpc) is 2.92. The van der Waals surface area contributed by atoms with E-state index in [-0.39, 0.29) is 17.5 Å². The summed E-state index contributed by atoms with van der Waals surface area (Å²) in [6, 6.07) is 16.8. The van der Waals surface area contributed by atoms with E-state index in [2.05, 4.69) is 26.9 Å². The van der Waals surface area contributed by atoms with Crippen molar-refractivity contribution >= 4 is 23.1 Å². The van der Waals surface area contributed by atoms with E-state index in [4.69, 9.17) is 11.5 Å². The highest BCUT2D eigenvalue weighted by atomic mass is 16.3. The van der Waals surface area contributed by atoms with E-state index in [1.165, 1.54) is 5.56 Å². The number of rotatable bonds is 6. The van der Waals surface area contributed by atoms with Crippen LogP contribution < -0.4 is 27.0 Å². The van der Waals surface area contributed by atoms with Gasteiger partial charge in [0.2, 0.25) is 5.91 Å². The number of nitrogens with one attached hydrogen (secondary N) is 2. The molecule has 9 heteroatoms. The Morgan fingerprint density at radius 3 is 2.65 bits per heavy atom. The molecule has 1 amide bonds. The van der Waals surface area contributed by atoms with Gasteiger partial charge < -0.3 is 32.1 Å². The number of carbonyl (C=O) groups excluding carboxylic acids is 1. The van der Waals surface area contributed by atoms with Crippen LogP contribution in [0.5, 0.6) is 5.75 Å². The summed E-state index contributed by atoms with van der Waals surface area (Å²) in [5, 5.41) is 25.0. The fourth-order valence-corrected chi connectivity index (χ4v) is 5.35. The Kier molecular flexibility index (Phi) is 7.52. The van der Waals surface area contributed by atoms with Gasteiger partial charge in [-0.25, -0.2) is 0 Å². The van der Waals surface area contributed by atoms with Crippen molar-refractivity contribution in [3.63, 3.8) is 0 Å². The highest BCUT2D eigenvalue weighted by Gasteiger charge is 2.28. The van der Waals surface area contributed by atoms with E-state index >= 15 is 0 Å². The van der Waals surface area contributed by atoms with Gasteiger partial charge in [-0.15, -0.1) is 10.2 Å². The van der Waals surface area contributed by atoms with Crippen molar-refractivity contribution in [2.75, 3.05) is 35.6 Å². The predicted octanol–water partition coefficient (Wildman–Crippen LogP) is 2.91. The summed E-state index contributed by atoms with van der Waals surface area (Å²) < 4.78 is 0.